The molecule has 1 aliphatic carbocycles. The lowest BCUT2D eigenvalue weighted by Crippen LogP contribution is -2.40. The predicted molar refractivity (Wildman–Crippen MR) is 58.7 cm³/mol. The molecular formula is C12H23NO. The fourth-order valence-corrected chi connectivity index (χ4v) is 2.32. The molecule has 0 aromatic rings. The van der Waals surface area contributed by atoms with Crippen molar-refractivity contribution in [3.05, 3.63) is 0 Å². The Balaban J connectivity index is 2.62. The minimum absolute atomic E-state index is 0.151. The summed E-state index contributed by atoms with van der Waals surface area (Å²) in [6.07, 6.45) is 4.72. The number of hydrogen-bond donors (Lipinski definition) is 1. The molecule has 2 heteroatoms. The minimum atomic E-state index is -0.323. The van der Waals surface area contributed by atoms with Crippen molar-refractivity contribution in [1.29, 1.82) is 0 Å². The highest BCUT2D eigenvalue weighted by atomic mass is 16.1. The molecular weight excluding hydrogens is 174 g/mol. The van der Waals surface area contributed by atoms with Crippen LogP contribution in [0.15, 0.2) is 0 Å². The number of primary amides is 1. The van der Waals surface area contributed by atoms with Crippen molar-refractivity contribution in [3.63, 3.8) is 0 Å². The standard InChI is InChI=1S/C12H23NO/c1-11(2)7-5-9(6-8-11)12(3,4)10(13)14/h9H,5-8H2,1-4H3,(H2,13,14). The van der Waals surface area contributed by atoms with Crippen LogP contribution in [0.5, 0.6) is 0 Å². The zero-order valence-electron chi connectivity index (χ0n) is 9.89. The van der Waals surface area contributed by atoms with Gasteiger partial charge in [-0.05, 0) is 37.0 Å². The Morgan fingerprint density at radius 1 is 1.29 bits per heavy atom. The third-order valence-corrected chi connectivity index (χ3v) is 3.99. The van der Waals surface area contributed by atoms with E-state index in [2.05, 4.69) is 13.8 Å². The molecule has 0 atom stereocenters. The Labute approximate surface area is 87.2 Å². The van der Waals surface area contributed by atoms with E-state index >= 15 is 0 Å². The molecule has 1 saturated carbocycles. The fraction of sp³-hybridized carbons (Fsp3) is 0.917. The highest BCUT2D eigenvalue weighted by molar-refractivity contribution is 5.80. The smallest absolute Gasteiger partial charge is 0.223 e. The number of carbonyl (C=O) groups excluding carboxylic acids is 1. The maximum atomic E-state index is 11.3. The van der Waals surface area contributed by atoms with Crippen LogP contribution in [-0.2, 0) is 4.79 Å². The molecule has 1 aliphatic rings. The molecule has 0 aliphatic heterocycles. The van der Waals surface area contributed by atoms with Gasteiger partial charge in [-0.2, -0.15) is 0 Å². The number of nitrogens with two attached hydrogens (primary N) is 1. The normalized spacial score (nSPS) is 23.4. The van der Waals surface area contributed by atoms with E-state index in [0.717, 1.165) is 12.8 Å². The number of amides is 1. The number of hydrogen-bond acceptors (Lipinski definition) is 1. The maximum absolute atomic E-state index is 11.3. The van der Waals surface area contributed by atoms with Gasteiger partial charge in [0.05, 0.1) is 0 Å². The largest absolute Gasteiger partial charge is 0.369 e. The molecule has 14 heavy (non-hydrogen) atoms. The van der Waals surface area contributed by atoms with E-state index < -0.39 is 0 Å². The summed E-state index contributed by atoms with van der Waals surface area (Å²) in [6.45, 7) is 8.58. The highest BCUT2D eigenvalue weighted by Gasteiger charge is 2.39. The van der Waals surface area contributed by atoms with Gasteiger partial charge in [0.25, 0.3) is 0 Å². The molecule has 2 nitrogen and oxygen atoms in total. The Bertz CT molecular complexity index is 220. The summed E-state index contributed by atoms with van der Waals surface area (Å²) >= 11 is 0. The zero-order chi connectivity index (χ0) is 11.0. The van der Waals surface area contributed by atoms with Crippen LogP contribution in [0.3, 0.4) is 0 Å². The number of carbonyl (C=O) groups is 1. The fourth-order valence-electron chi connectivity index (χ4n) is 2.32. The second-order valence-electron chi connectivity index (χ2n) is 6.02. The van der Waals surface area contributed by atoms with Crippen molar-refractivity contribution < 1.29 is 4.79 Å². The van der Waals surface area contributed by atoms with Crippen LogP contribution in [-0.4, -0.2) is 5.91 Å². The van der Waals surface area contributed by atoms with Gasteiger partial charge in [0.15, 0.2) is 0 Å². The molecule has 1 rings (SSSR count). The Hall–Kier alpha value is -0.530. The second kappa shape index (κ2) is 3.56. The Morgan fingerprint density at radius 2 is 1.71 bits per heavy atom. The first-order valence-corrected chi connectivity index (χ1v) is 5.56. The van der Waals surface area contributed by atoms with Crippen LogP contribution in [0.25, 0.3) is 0 Å². The lowest BCUT2D eigenvalue weighted by molar-refractivity contribution is -0.129. The maximum Gasteiger partial charge on any atom is 0.223 e. The molecule has 0 radical (unpaired) electrons. The summed E-state index contributed by atoms with van der Waals surface area (Å²) in [7, 11) is 0. The minimum Gasteiger partial charge on any atom is -0.369 e. The molecule has 0 spiro atoms. The van der Waals surface area contributed by atoms with Crippen LogP contribution in [0.4, 0.5) is 0 Å². The molecule has 1 fully saturated rings. The summed E-state index contributed by atoms with van der Waals surface area (Å²) in [5.41, 5.74) is 5.57. The first kappa shape index (κ1) is 11.5. The van der Waals surface area contributed by atoms with Gasteiger partial charge in [-0.3, -0.25) is 4.79 Å². The summed E-state index contributed by atoms with van der Waals surface area (Å²) in [6, 6.07) is 0. The van der Waals surface area contributed by atoms with Crippen LogP contribution < -0.4 is 5.73 Å². The van der Waals surface area contributed by atoms with Gasteiger partial charge in [-0.15, -0.1) is 0 Å². The van der Waals surface area contributed by atoms with Gasteiger partial charge < -0.3 is 5.73 Å². The summed E-state index contributed by atoms with van der Waals surface area (Å²) in [5.74, 6) is 0.329. The van der Waals surface area contributed by atoms with Crippen LogP contribution in [0, 0.1) is 16.7 Å². The van der Waals surface area contributed by atoms with Gasteiger partial charge in [-0.1, -0.05) is 27.7 Å². The van der Waals surface area contributed by atoms with Gasteiger partial charge >= 0.3 is 0 Å². The molecule has 0 aromatic carbocycles. The van der Waals surface area contributed by atoms with E-state index in [4.69, 9.17) is 5.73 Å². The average Bonchev–Trinajstić information content (AvgIpc) is 2.03. The van der Waals surface area contributed by atoms with Crippen molar-refractivity contribution in [2.24, 2.45) is 22.5 Å². The molecule has 0 aromatic heterocycles. The van der Waals surface area contributed by atoms with Crippen molar-refractivity contribution >= 4 is 5.91 Å². The summed E-state index contributed by atoms with van der Waals surface area (Å²) in [5, 5.41) is 0. The quantitative estimate of drug-likeness (QED) is 0.726. The van der Waals surface area contributed by atoms with E-state index in [9.17, 15) is 4.79 Å². The first-order chi connectivity index (χ1) is 6.26. The van der Waals surface area contributed by atoms with E-state index in [0.29, 0.717) is 11.3 Å². The van der Waals surface area contributed by atoms with E-state index in [1.807, 2.05) is 13.8 Å². The SMILES string of the molecule is CC1(C)CCC(C(C)(C)C(N)=O)CC1. The topological polar surface area (TPSA) is 43.1 Å². The van der Waals surface area contributed by atoms with Gasteiger partial charge in [-0.25, -0.2) is 0 Å². The Morgan fingerprint density at radius 3 is 2.07 bits per heavy atom. The van der Waals surface area contributed by atoms with Crippen LogP contribution >= 0.6 is 0 Å². The third kappa shape index (κ3) is 2.28. The van der Waals surface area contributed by atoms with Crippen molar-refractivity contribution in [2.45, 2.75) is 53.4 Å². The molecule has 82 valence electrons. The van der Waals surface area contributed by atoms with Crippen LogP contribution in [0.2, 0.25) is 0 Å². The molecule has 0 bridgehead atoms. The lowest BCUT2D eigenvalue weighted by atomic mass is 9.64. The van der Waals surface area contributed by atoms with E-state index in [1.54, 1.807) is 0 Å². The zero-order valence-corrected chi connectivity index (χ0v) is 9.89. The molecule has 0 heterocycles. The second-order valence-corrected chi connectivity index (χ2v) is 6.02. The lowest BCUT2D eigenvalue weighted by Gasteiger charge is -2.40. The molecule has 0 unspecified atom stereocenters. The van der Waals surface area contributed by atoms with E-state index in [-0.39, 0.29) is 11.3 Å². The Kier molecular flexibility index (Phi) is 2.93. The van der Waals surface area contributed by atoms with Gasteiger partial charge in [0, 0.05) is 5.41 Å². The van der Waals surface area contributed by atoms with Gasteiger partial charge in [0.1, 0.15) is 0 Å². The summed E-state index contributed by atoms with van der Waals surface area (Å²) < 4.78 is 0. The first-order valence-electron chi connectivity index (χ1n) is 5.56. The molecule has 2 N–H and O–H groups in total. The molecule has 0 saturated heterocycles. The summed E-state index contributed by atoms with van der Waals surface area (Å²) in [4.78, 5) is 11.3. The van der Waals surface area contributed by atoms with Gasteiger partial charge in [0.2, 0.25) is 5.91 Å². The van der Waals surface area contributed by atoms with Crippen molar-refractivity contribution in [3.8, 4) is 0 Å². The van der Waals surface area contributed by atoms with E-state index in [1.165, 1.54) is 12.8 Å². The van der Waals surface area contributed by atoms with Crippen LogP contribution in [0.1, 0.15) is 53.4 Å². The third-order valence-electron chi connectivity index (χ3n) is 3.99. The average molecular weight is 197 g/mol. The van der Waals surface area contributed by atoms with Crippen molar-refractivity contribution in [1.82, 2.24) is 0 Å². The van der Waals surface area contributed by atoms with Crippen molar-refractivity contribution in [2.75, 3.05) is 0 Å². The highest BCUT2D eigenvalue weighted by Crippen LogP contribution is 2.44. The monoisotopic (exact) mass is 197 g/mol. The number of rotatable bonds is 2. The molecule has 1 amide bonds. The predicted octanol–water partition coefficient (Wildman–Crippen LogP) is 2.71.